The molecule has 0 amide bonds. The fraction of sp³-hybridized carbons (Fsp3) is 0.700. The van der Waals surface area contributed by atoms with Crippen molar-refractivity contribution >= 4 is 0 Å². The number of benzene rings is 1. The molecule has 1 heterocycles. The molecule has 2 nitrogen and oxygen atoms in total. The van der Waals surface area contributed by atoms with Crippen LogP contribution in [0.3, 0.4) is 0 Å². The van der Waals surface area contributed by atoms with Crippen molar-refractivity contribution in [2.75, 3.05) is 0 Å². The van der Waals surface area contributed by atoms with Gasteiger partial charge in [0, 0.05) is 18.4 Å². The van der Waals surface area contributed by atoms with Crippen molar-refractivity contribution in [1.29, 1.82) is 0 Å². The zero-order chi connectivity index (χ0) is 22.9. The molecule has 2 atom stereocenters. The minimum atomic E-state index is 0.547. The van der Waals surface area contributed by atoms with Gasteiger partial charge in [-0.15, -0.1) is 0 Å². The van der Waals surface area contributed by atoms with Gasteiger partial charge in [-0.25, -0.2) is 4.98 Å². The van der Waals surface area contributed by atoms with Gasteiger partial charge in [-0.1, -0.05) is 135 Å². The zero-order valence-corrected chi connectivity index (χ0v) is 21.4. The average Bonchev–Trinajstić information content (AvgIpc) is 3.33. The summed E-state index contributed by atoms with van der Waals surface area (Å²) in [6.45, 7) is 7.08. The van der Waals surface area contributed by atoms with Crippen LogP contribution in [0.2, 0.25) is 0 Å². The van der Waals surface area contributed by atoms with Crippen LogP contribution >= 0.6 is 0 Å². The Labute approximate surface area is 199 Å². The van der Waals surface area contributed by atoms with Gasteiger partial charge >= 0.3 is 0 Å². The predicted octanol–water partition coefficient (Wildman–Crippen LogP) is 9.42. The maximum absolute atomic E-state index is 4.37. The van der Waals surface area contributed by atoms with E-state index in [1.165, 1.54) is 95.5 Å². The molecule has 2 heteroatoms. The standard InChI is InChI=1S/C30H50N2/c1-4-5-6-7-8-9-10-11-12-13-14-15-19-22-30(32-24-23-31-26-32)29(27(2)3)25-28-20-17-16-18-21-28/h16-18,20-21,23-24,26-27,29-30H,4-15,19,22,25H2,1-3H3. The van der Waals surface area contributed by atoms with Crippen LogP contribution in [-0.4, -0.2) is 9.55 Å². The molecule has 0 radical (unpaired) electrons. The van der Waals surface area contributed by atoms with Gasteiger partial charge in [-0.05, 0) is 30.2 Å². The molecule has 2 unspecified atom stereocenters. The quantitative estimate of drug-likeness (QED) is 0.200. The molecule has 32 heavy (non-hydrogen) atoms. The van der Waals surface area contributed by atoms with Crippen molar-refractivity contribution in [3.8, 4) is 0 Å². The first-order valence-electron chi connectivity index (χ1n) is 13.7. The largest absolute Gasteiger partial charge is 0.334 e. The Bertz CT molecular complexity index is 647. The highest BCUT2D eigenvalue weighted by molar-refractivity contribution is 5.15. The number of rotatable bonds is 19. The molecule has 0 fully saturated rings. The number of imidazole rings is 1. The fourth-order valence-corrected chi connectivity index (χ4v) is 5.12. The van der Waals surface area contributed by atoms with E-state index >= 15 is 0 Å². The summed E-state index contributed by atoms with van der Waals surface area (Å²) in [5.74, 6) is 1.30. The summed E-state index contributed by atoms with van der Waals surface area (Å²) < 4.78 is 2.38. The highest BCUT2D eigenvalue weighted by atomic mass is 15.1. The smallest absolute Gasteiger partial charge is 0.0948 e. The van der Waals surface area contributed by atoms with Crippen LogP contribution in [0, 0.1) is 11.8 Å². The molecule has 1 aromatic carbocycles. The molecule has 0 bridgehead atoms. The molecule has 0 saturated heterocycles. The monoisotopic (exact) mass is 438 g/mol. The van der Waals surface area contributed by atoms with E-state index < -0.39 is 0 Å². The summed E-state index contributed by atoms with van der Waals surface area (Å²) in [7, 11) is 0. The summed E-state index contributed by atoms with van der Waals surface area (Å²) >= 11 is 0. The second-order valence-corrected chi connectivity index (χ2v) is 10.2. The van der Waals surface area contributed by atoms with Crippen LogP contribution in [0.5, 0.6) is 0 Å². The van der Waals surface area contributed by atoms with E-state index in [2.05, 4.69) is 66.9 Å². The number of hydrogen-bond acceptors (Lipinski definition) is 1. The van der Waals surface area contributed by atoms with E-state index in [4.69, 9.17) is 0 Å². The van der Waals surface area contributed by atoms with Gasteiger partial charge in [0.05, 0.1) is 6.33 Å². The van der Waals surface area contributed by atoms with Gasteiger partial charge in [0.1, 0.15) is 0 Å². The summed E-state index contributed by atoms with van der Waals surface area (Å²) in [5.41, 5.74) is 1.46. The summed E-state index contributed by atoms with van der Waals surface area (Å²) in [5, 5.41) is 0. The lowest BCUT2D eigenvalue weighted by Gasteiger charge is -2.31. The number of aromatic nitrogens is 2. The minimum Gasteiger partial charge on any atom is -0.334 e. The average molecular weight is 439 g/mol. The molecule has 0 spiro atoms. The van der Waals surface area contributed by atoms with Crippen LogP contribution < -0.4 is 0 Å². The molecule has 0 aliphatic carbocycles. The van der Waals surface area contributed by atoms with Gasteiger partial charge < -0.3 is 4.57 Å². The highest BCUT2D eigenvalue weighted by Crippen LogP contribution is 2.33. The van der Waals surface area contributed by atoms with E-state index in [1.807, 2.05) is 12.5 Å². The molecule has 0 aliphatic heterocycles. The highest BCUT2D eigenvalue weighted by Gasteiger charge is 2.25. The number of hydrogen-bond donors (Lipinski definition) is 0. The third-order valence-corrected chi connectivity index (χ3v) is 7.18. The first-order valence-corrected chi connectivity index (χ1v) is 13.7. The van der Waals surface area contributed by atoms with Crippen molar-refractivity contribution in [3.05, 3.63) is 54.6 Å². The molecular weight excluding hydrogens is 388 g/mol. The van der Waals surface area contributed by atoms with Gasteiger partial charge in [0.2, 0.25) is 0 Å². The summed E-state index contributed by atoms with van der Waals surface area (Å²) in [6, 6.07) is 11.6. The number of nitrogens with zero attached hydrogens (tertiary/aromatic N) is 2. The Hall–Kier alpha value is -1.57. The van der Waals surface area contributed by atoms with Crippen LogP contribution in [0.4, 0.5) is 0 Å². The molecular formula is C30H50N2. The molecule has 2 aromatic rings. The minimum absolute atomic E-state index is 0.547. The van der Waals surface area contributed by atoms with E-state index in [0.29, 0.717) is 17.9 Å². The Balaban J connectivity index is 1.67. The lowest BCUT2D eigenvalue weighted by atomic mass is 9.81. The number of unbranched alkanes of at least 4 members (excludes halogenated alkanes) is 12. The molecule has 180 valence electrons. The Morgan fingerprint density at radius 3 is 1.81 bits per heavy atom. The Morgan fingerprint density at radius 2 is 1.31 bits per heavy atom. The lowest BCUT2D eigenvalue weighted by Crippen LogP contribution is -2.25. The second-order valence-electron chi connectivity index (χ2n) is 10.2. The van der Waals surface area contributed by atoms with Crippen molar-refractivity contribution in [2.45, 2.75) is 123 Å². The van der Waals surface area contributed by atoms with Crippen molar-refractivity contribution in [1.82, 2.24) is 9.55 Å². The van der Waals surface area contributed by atoms with Gasteiger partial charge in [-0.2, -0.15) is 0 Å². The van der Waals surface area contributed by atoms with Gasteiger partial charge in [0.25, 0.3) is 0 Å². The molecule has 2 rings (SSSR count). The maximum atomic E-state index is 4.37. The van der Waals surface area contributed by atoms with E-state index in [9.17, 15) is 0 Å². The first-order chi connectivity index (χ1) is 15.7. The third kappa shape index (κ3) is 10.8. The van der Waals surface area contributed by atoms with Crippen LogP contribution in [0.1, 0.15) is 122 Å². The van der Waals surface area contributed by atoms with Gasteiger partial charge in [0.15, 0.2) is 0 Å². The normalized spacial score (nSPS) is 13.5. The van der Waals surface area contributed by atoms with Crippen LogP contribution in [-0.2, 0) is 6.42 Å². The third-order valence-electron chi connectivity index (χ3n) is 7.18. The maximum Gasteiger partial charge on any atom is 0.0948 e. The first kappa shape index (κ1) is 26.7. The Morgan fingerprint density at radius 1 is 0.750 bits per heavy atom. The molecule has 0 saturated carbocycles. The summed E-state index contributed by atoms with van der Waals surface area (Å²) in [4.78, 5) is 4.37. The van der Waals surface area contributed by atoms with Crippen molar-refractivity contribution < 1.29 is 0 Å². The topological polar surface area (TPSA) is 17.8 Å². The molecule has 1 aromatic heterocycles. The van der Waals surface area contributed by atoms with E-state index in [0.717, 1.165) is 6.42 Å². The lowest BCUT2D eigenvalue weighted by molar-refractivity contribution is 0.233. The van der Waals surface area contributed by atoms with Crippen LogP contribution in [0.25, 0.3) is 0 Å². The van der Waals surface area contributed by atoms with Crippen molar-refractivity contribution in [3.63, 3.8) is 0 Å². The van der Waals surface area contributed by atoms with E-state index in [-0.39, 0.29) is 0 Å². The summed E-state index contributed by atoms with van der Waals surface area (Å²) in [6.07, 6.45) is 27.0. The molecule has 0 N–H and O–H groups in total. The van der Waals surface area contributed by atoms with Crippen LogP contribution in [0.15, 0.2) is 49.1 Å². The SMILES string of the molecule is CCCCCCCCCCCCCCCC(C(Cc1ccccc1)C(C)C)n1ccnc1. The second kappa shape index (κ2) is 17.0. The Kier molecular flexibility index (Phi) is 14.2. The predicted molar refractivity (Wildman–Crippen MR) is 140 cm³/mol. The van der Waals surface area contributed by atoms with Crippen molar-refractivity contribution in [2.24, 2.45) is 11.8 Å². The zero-order valence-electron chi connectivity index (χ0n) is 21.4. The van der Waals surface area contributed by atoms with E-state index in [1.54, 1.807) is 0 Å². The van der Waals surface area contributed by atoms with Gasteiger partial charge in [-0.3, -0.25) is 0 Å². The fourth-order valence-electron chi connectivity index (χ4n) is 5.12. The molecule has 0 aliphatic rings.